The number of hydroxylamine groups is 2. The van der Waals surface area contributed by atoms with E-state index in [9.17, 15) is 14.4 Å². The summed E-state index contributed by atoms with van der Waals surface area (Å²) in [5.41, 5.74) is 2.88. The zero-order chi connectivity index (χ0) is 18.3. The molecule has 9 heteroatoms. The number of amides is 3. The van der Waals surface area contributed by atoms with Crippen LogP contribution in [0.3, 0.4) is 0 Å². The van der Waals surface area contributed by atoms with Gasteiger partial charge in [0.15, 0.2) is 0 Å². The number of imide groups is 1. The number of rotatable bonds is 3. The molecule has 2 heterocycles. The minimum Gasteiger partial charge on any atom is -0.339 e. The molecule has 2 aromatic rings. The molecule has 1 aromatic carbocycles. The summed E-state index contributed by atoms with van der Waals surface area (Å²) in [5.74, 6) is 0.00927. The third-order valence-corrected chi connectivity index (χ3v) is 4.48. The summed E-state index contributed by atoms with van der Waals surface area (Å²) < 4.78 is 5.00. The highest BCUT2D eigenvalue weighted by Crippen LogP contribution is 2.33. The van der Waals surface area contributed by atoms with Crippen LogP contribution in [0.1, 0.15) is 42.3 Å². The monoisotopic (exact) mass is 356 g/mol. The van der Waals surface area contributed by atoms with Crippen molar-refractivity contribution < 1.29 is 23.7 Å². The van der Waals surface area contributed by atoms with Crippen LogP contribution in [0.25, 0.3) is 11.4 Å². The molecular weight excluding hydrogens is 340 g/mol. The first-order valence-corrected chi connectivity index (χ1v) is 8.29. The normalized spacial score (nSPS) is 19.0. The van der Waals surface area contributed by atoms with Crippen LogP contribution < -0.4 is 5.32 Å². The van der Waals surface area contributed by atoms with Gasteiger partial charge in [-0.15, -0.1) is 5.06 Å². The molecule has 1 aliphatic heterocycles. The summed E-state index contributed by atoms with van der Waals surface area (Å²) in [6, 6.07) is 5.49. The van der Waals surface area contributed by atoms with Gasteiger partial charge in [-0.05, 0) is 30.0 Å². The summed E-state index contributed by atoms with van der Waals surface area (Å²) in [5, 5.41) is 7.15. The summed E-state index contributed by atoms with van der Waals surface area (Å²) in [6.45, 7) is 1.73. The molecule has 2 aliphatic rings. The lowest BCUT2D eigenvalue weighted by Gasteiger charge is -2.17. The van der Waals surface area contributed by atoms with Crippen LogP contribution >= 0.6 is 0 Å². The Bertz CT molecular complexity index is 890. The van der Waals surface area contributed by atoms with Gasteiger partial charge in [0.1, 0.15) is 0 Å². The Morgan fingerprint density at radius 1 is 1.27 bits per heavy atom. The van der Waals surface area contributed by atoms with Crippen LogP contribution in [0, 0.1) is 6.92 Å². The van der Waals surface area contributed by atoms with Crippen molar-refractivity contribution >= 4 is 17.9 Å². The average molecular weight is 356 g/mol. The number of benzene rings is 1. The SMILES string of the molecule is Cc1nc(-c2ccc3c(c2)CCC3NC(=O)ON2C(=O)CCC2=O)no1. The van der Waals surface area contributed by atoms with Crippen LogP contribution in [0.2, 0.25) is 0 Å². The third kappa shape index (κ3) is 2.92. The fourth-order valence-electron chi connectivity index (χ4n) is 3.23. The molecule has 1 atom stereocenters. The van der Waals surface area contributed by atoms with E-state index in [0.29, 0.717) is 23.2 Å². The van der Waals surface area contributed by atoms with E-state index in [2.05, 4.69) is 15.5 Å². The number of fused-ring (bicyclic) bond motifs is 1. The molecule has 3 amide bonds. The van der Waals surface area contributed by atoms with Crippen LogP contribution in [-0.2, 0) is 20.8 Å². The first-order chi connectivity index (χ1) is 12.5. The Labute approximate surface area is 148 Å². The van der Waals surface area contributed by atoms with Gasteiger partial charge in [0.05, 0.1) is 6.04 Å². The van der Waals surface area contributed by atoms with Gasteiger partial charge >= 0.3 is 6.09 Å². The number of nitrogens with one attached hydrogen (secondary N) is 1. The molecule has 0 spiro atoms. The summed E-state index contributed by atoms with van der Waals surface area (Å²) >= 11 is 0. The summed E-state index contributed by atoms with van der Waals surface area (Å²) in [4.78, 5) is 44.1. The van der Waals surface area contributed by atoms with Gasteiger partial charge in [-0.2, -0.15) is 4.98 Å². The fourth-order valence-corrected chi connectivity index (χ4v) is 3.23. The quantitative estimate of drug-likeness (QED) is 0.834. The molecule has 26 heavy (non-hydrogen) atoms. The van der Waals surface area contributed by atoms with Crippen molar-refractivity contribution in [2.45, 2.75) is 38.6 Å². The maximum Gasteiger partial charge on any atom is 0.432 e. The van der Waals surface area contributed by atoms with Crippen molar-refractivity contribution in [1.29, 1.82) is 0 Å². The van der Waals surface area contributed by atoms with Crippen molar-refractivity contribution in [3.8, 4) is 11.4 Å². The number of carbonyl (C=O) groups excluding carboxylic acids is 3. The van der Waals surface area contributed by atoms with Crippen LogP contribution in [0.5, 0.6) is 0 Å². The molecule has 9 nitrogen and oxygen atoms in total. The molecular formula is C17H16N4O5. The molecule has 134 valence electrons. The Balaban J connectivity index is 1.45. The summed E-state index contributed by atoms with van der Waals surface area (Å²) in [7, 11) is 0. The third-order valence-electron chi connectivity index (χ3n) is 4.48. The van der Waals surface area contributed by atoms with E-state index >= 15 is 0 Å². The number of hydrogen-bond acceptors (Lipinski definition) is 7. The number of aryl methyl sites for hydroxylation is 2. The van der Waals surface area contributed by atoms with Crippen molar-refractivity contribution in [1.82, 2.24) is 20.5 Å². The van der Waals surface area contributed by atoms with Crippen molar-refractivity contribution in [3.63, 3.8) is 0 Å². The zero-order valence-electron chi connectivity index (χ0n) is 14.0. The van der Waals surface area contributed by atoms with Gasteiger partial charge < -0.3 is 14.7 Å². The lowest BCUT2D eigenvalue weighted by Crippen LogP contribution is -2.38. The lowest BCUT2D eigenvalue weighted by atomic mass is 10.0. The topological polar surface area (TPSA) is 115 Å². The maximum absolute atomic E-state index is 12.0. The second kappa shape index (κ2) is 6.25. The van der Waals surface area contributed by atoms with Crippen LogP contribution in [0.15, 0.2) is 22.7 Å². The van der Waals surface area contributed by atoms with Crippen molar-refractivity contribution in [2.75, 3.05) is 0 Å². The molecule has 1 aliphatic carbocycles. The van der Waals surface area contributed by atoms with Gasteiger partial charge in [0, 0.05) is 25.3 Å². The van der Waals surface area contributed by atoms with Gasteiger partial charge in [0.25, 0.3) is 11.8 Å². The number of aromatic nitrogens is 2. The molecule has 1 aromatic heterocycles. The first kappa shape index (κ1) is 16.2. The van der Waals surface area contributed by atoms with E-state index in [0.717, 1.165) is 23.1 Å². The Morgan fingerprint density at radius 3 is 2.73 bits per heavy atom. The lowest BCUT2D eigenvalue weighted by molar-refractivity contribution is -0.171. The molecule has 0 radical (unpaired) electrons. The average Bonchev–Trinajstić information content (AvgIpc) is 3.30. The molecule has 0 bridgehead atoms. The molecule has 0 saturated carbocycles. The smallest absolute Gasteiger partial charge is 0.339 e. The number of nitrogens with zero attached hydrogens (tertiary/aromatic N) is 3. The van der Waals surface area contributed by atoms with Gasteiger partial charge in [-0.1, -0.05) is 17.3 Å². The van der Waals surface area contributed by atoms with E-state index in [1.807, 2.05) is 18.2 Å². The van der Waals surface area contributed by atoms with E-state index in [-0.39, 0.29) is 18.9 Å². The predicted molar refractivity (Wildman–Crippen MR) is 86.2 cm³/mol. The molecule has 1 fully saturated rings. The standard InChI is InChI=1S/C17H16N4O5/c1-9-18-16(20-25-9)11-2-4-12-10(8-11)3-5-13(12)19-17(24)26-21-14(22)6-7-15(21)23/h2,4,8,13H,3,5-7H2,1H3,(H,19,24). The van der Waals surface area contributed by atoms with E-state index in [1.54, 1.807) is 6.92 Å². The summed E-state index contributed by atoms with van der Waals surface area (Å²) in [6.07, 6.45) is 0.783. The van der Waals surface area contributed by atoms with Crippen LogP contribution in [0.4, 0.5) is 4.79 Å². The minimum atomic E-state index is -0.815. The van der Waals surface area contributed by atoms with Gasteiger partial charge in [-0.3, -0.25) is 9.59 Å². The Kier molecular flexibility index (Phi) is 3.90. The largest absolute Gasteiger partial charge is 0.432 e. The minimum absolute atomic E-state index is 0.0662. The molecule has 1 saturated heterocycles. The zero-order valence-corrected chi connectivity index (χ0v) is 14.0. The second-order valence-electron chi connectivity index (χ2n) is 6.25. The molecule has 1 N–H and O–H groups in total. The molecule has 1 unspecified atom stereocenters. The Morgan fingerprint density at radius 2 is 2.04 bits per heavy atom. The highest BCUT2D eigenvalue weighted by atomic mass is 16.7. The van der Waals surface area contributed by atoms with Crippen molar-refractivity contribution in [3.05, 3.63) is 35.2 Å². The molecule has 4 rings (SSSR count). The number of carbonyl (C=O) groups is 3. The Hall–Kier alpha value is -3.23. The fraction of sp³-hybridized carbons (Fsp3) is 0.353. The van der Waals surface area contributed by atoms with Crippen LogP contribution in [-0.4, -0.2) is 33.1 Å². The van der Waals surface area contributed by atoms with Gasteiger partial charge in [0.2, 0.25) is 11.7 Å². The second-order valence-corrected chi connectivity index (χ2v) is 6.25. The van der Waals surface area contributed by atoms with Gasteiger partial charge in [-0.25, -0.2) is 4.79 Å². The maximum atomic E-state index is 12.0. The predicted octanol–water partition coefficient (Wildman–Crippen LogP) is 1.82. The number of hydrogen-bond donors (Lipinski definition) is 1. The highest BCUT2D eigenvalue weighted by molar-refractivity contribution is 6.01. The first-order valence-electron chi connectivity index (χ1n) is 8.29. The van der Waals surface area contributed by atoms with E-state index < -0.39 is 17.9 Å². The van der Waals surface area contributed by atoms with Crippen molar-refractivity contribution in [2.24, 2.45) is 0 Å². The highest BCUT2D eigenvalue weighted by Gasteiger charge is 2.34. The van der Waals surface area contributed by atoms with E-state index in [4.69, 9.17) is 9.36 Å². The van der Waals surface area contributed by atoms with E-state index in [1.165, 1.54) is 0 Å².